The quantitative estimate of drug-likeness (QED) is 0.526. The summed E-state index contributed by atoms with van der Waals surface area (Å²) in [5, 5.41) is 3.76. The van der Waals surface area contributed by atoms with Gasteiger partial charge in [-0.2, -0.15) is 0 Å². The third kappa shape index (κ3) is 2.93. The Bertz CT molecular complexity index is 1050. The molecule has 5 heteroatoms. The van der Waals surface area contributed by atoms with E-state index in [9.17, 15) is 4.79 Å². The van der Waals surface area contributed by atoms with E-state index in [0.717, 1.165) is 28.8 Å². The van der Waals surface area contributed by atoms with Gasteiger partial charge in [-0.1, -0.05) is 24.5 Å². The third-order valence-electron chi connectivity index (χ3n) is 4.79. The van der Waals surface area contributed by atoms with Crippen molar-refractivity contribution in [3.8, 4) is 12.3 Å². The summed E-state index contributed by atoms with van der Waals surface area (Å²) >= 11 is 1.34. The zero-order valence-corrected chi connectivity index (χ0v) is 15.2. The fourth-order valence-corrected chi connectivity index (χ4v) is 4.39. The smallest absolute Gasteiger partial charge is 0.267 e. The molecule has 3 aromatic rings. The topological polar surface area (TPSA) is 68.0 Å². The van der Waals surface area contributed by atoms with Crippen LogP contribution in [-0.2, 0) is 12.8 Å². The highest BCUT2D eigenvalue weighted by molar-refractivity contribution is 7.21. The lowest BCUT2D eigenvalue weighted by Crippen LogP contribution is -2.12. The van der Waals surface area contributed by atoms with Gasteiger partial charge < -0.3 is 11.1 Å². The number of nitrogens with zero attached hydrogens (tertiary/aromatic N) is 1. The van der Waals surface area contributed by atoms with Crippen LogP contribution in [0.5, 0.6) is 0 Å². The SMILES string of the molecule is C#Cc1ccccc1NC(=O)c1sc2nc3c(cc2c1N)CCCCC3. The van der Waals surface area contributed by atoms with Gasteiger partial charge in [0.2, 0.25) is 0 Å². The fraction of sp³-hybridized carbons (Fsp3) is 0.238. The monoisotopic (exact) mass is 361 g/mol. The molecule has 0 radical (unpaired) electrons. The minimum atomic E-state index is -0.247. The van der Waals surface area contributed by atoms with Crippen LogP contribution in [0.25, 0.3) is 10.2 Å². The Labute approximate surface area is 156 Å². The number of para-hydroxylation sites is 1. The van der Waals surface area contributed by atoms with E-state index in [4.69, 9.17) is 17.1 Å². The molecule has 2 heterocycles. The van der Waals surface area contributed by atoms with Crippen molar-refractivity contribution in [1.82, 2.24) is 4.98 Å². The number of fused-ring (bicyclic) bond motifs is 2. The molecule has 0 aliphatic heterocycles. The molecule has 4 rings (SSSR count). The molecular formula is C21H19N3OS. The summed E-state index contributed by atoms with van der Waals surface area (Å²) in [5.41, 5.74) is 10.5. The predicted molar refractivity (Wildman–Crippen MR) is 108 cm³/mol. The van der Waals surface area contributed by atoms with E-state index in [1.165, 1.54) is 36.2 Å². The molecule has 4 nitrogen and oxygen atoms in total. The van der Waals surface area contributed by atoms with Crippen LogP contribution in [0.2, 0.25) is 0 Å². The van der Waals surface area contributed by atoms with Crippen LogP contribution in [0.4, 0.5) is 11.4 Å². The van der Waals surface area contributed by atoms with Crippen LogP contribution in [0.3, 0.4) is 0 Å². The molecule has 3 N–H and O–H groups in total. The standard InChI is InChI=1S/C21H19N3OS/c1-2-13-8-6-7-11-16(13)23-20(25)19-18(22)15-12-14-9-4-3-5-10-17(14)24-21(15)26-19/h1,6-8,11-12H,3-5,9-10,22H2,(H,23,25). The summed E-state index contributed by atoms with van der Waals surface area (Å²) in [6.07, 6.45) is 11.1. The zero-order chi connectivity index (χ0) is 18.1. The number of carbonyl (C=O) groups excluding carboxylic acids is 1. The Kier molecular flexibility index (Phi) is 4.36. The number of nitrogen functional groups attached to an aromatic ring is 1. The molecule has 0 saturated heterocycles. The minimum Gasteiger partial charge on any atom is -0.397 e. The van der Waals surface area contributed by atoms with Gasteiger partial charge in [-0.05, 0) is 49.4 Å². The number of nitrogens with two attached hydrogens (primary N) is 1. The van der Waals surface area contributed by atoms with Crippen LogP contribution >= 0.6 is 11.3 Å². The van der Waals surface area contributed by atoms with E-state index in [1.807, 2.05) is 12.1 Å². The highest BCUT2D eigenvalue weighted by Gasteiger charge is 2.20. The second-order valence-corrected chi connectivity index (χ2v) is 7.50. The molecule has 2 aromatic heterocycles. The van der Waals surface area contributed by atoms with E-state index in [2.05, 4.69) is 17.3 Å². The number of hydrogen-bond acceptors (Lipinski definition) is 4. The lowest BCUT2D eigenvalue weighted by molar-refractivity contribution is 0.103. The summed E-state index contributed by atoms with van der Waals surface area (Å²) in [7, 11) is 0. The van der Waals surface area contributed by atoms with Crippen molar-refractivity contribution in [3.05, 3.63) is 52.0 Å². The van der Waals surface area contributed by atoms with E-state index in [0.29, 0.717) is 21.8 Å². The maximum absolute atomic E-state index is 12.8. The maximum atomic E-state index is 12.8. The van der Waals surface area contributed by atoms with Crippen molar-refractivity contribution in [2.24, 2.45) is 0 Å². The second-order valence-electron chi connectivity index (χ2n) is 6.50. The Balaban J connectivity index is 1.71. The second kappa shape index (κ2) is 6.81. The summed E-state index contributed by atoms with van der Waals surface area (Å²) in [6, 6.07) is 9.39. The number of aromatic nitrogens is 1. The van der Waals surface area contributed by atoms with E-state index < -0.39 is 0 Å². The summed E-state index contributed by atoms with van der Waals surface area (Å²) in [5.74, 6) is 2.33. The summed E-state index contributed by atoms with van der Waals surface area (Å²) in [4.78, 5) is 18.9. The maximum Gasteiger partial charge on any atom is 0.267 e. The van der Waals surface area contributed by atoms with Crippen LogP contribution in [0.15, 0.2) is 30.3 Å². The Morgan fingerprint density at radius 2 is 2.04 bits per heavy atom. The van der Waals surface area contributed by atoms with E-state index >= 15 is 0 Å². The lowest BCUT2D eigenvalue weighted by Gasteiger charge is -2.06. The minimum absolute atomic E-state index is 0.247. The molecule has 0 saturated carbocycles. The molecule has 0 bridgehead atoms. The van der Waals surface area contributed by atoms with Crippen LogP contribution in [0, 0.1) is 12.3 Å². The molecule has 0 spiro atoms. The van der Waals surface area contributed by atoms with Gasteiger partial charge in [-0.15, -0.1) is 17.8 Å². The lowest BCUT2D eigenvalue weighted by atomic mass is 10.1. The van der Waals surface area contributed by atoms with E-state index in [1.54, 1.807) is 12.1 Å². The number of nitrogens with one attached hydrogen (secondary N) is 1. The molecule has 1 amide bonds. The van der Waals surface area contributed by atoms with Gasteiger partial charge in [0.05, 0.1) is 11.4 Å². The molecule has 1 aliphatic carbocycles. The summed E-state index contributed by atoms with van der Waals surface area (Å²) < 4.78 is 0. The first-order valence-corrected chi connectivity index (χ1v) is 9.57. The first kappa shape index (κ1) is 16.6. The number of benzene rings is 1. The largest absolute Gasteiger partial charge is 0.397 e. The van der Waals surface area contributed by atoms with Gasteiger partial charge >= 0.3 is 0 Å². The first-order chi connectivity index (χ1) is 12.7. The zero-order valence-electron chi connectivity index (χ0n) is 14.3. The number of aryl methyl sites for hydroxylation is 2. The Morgan fingerprint density at radius 1 is 1.23 bits per heavy atom. The summed E-state index contributed by atoms with van der Waals surface area (Å²) in [6.45, 7) is 0. The molecule has 1 aliphatic rings. The van der Waals surface area contributed by atoms with Gasteiger partial charge in [0, 0.05) is 16.6 Å². The Hall–Kier alpha value is -2.84. The predicted octanol–water partition coefficient (Wildman–Crippen LogP) is 4.38. The number of terminal acetylenes is 1. The van der Waals surface area contributed by atoms with Crippen LogP contribution in [-0.4, -0.2) is 10.9 Å². The van der Waals surface area contributed by atoms with Gasteiger partial charge in [-0.3, -0.25) is 4.79 Å². The van der Waals surface area contributed by atoms with Gasteiger partial charge in [0.15, 0.2) is 0 Å². The molecule has 1 aromatic carbocycles. The van der Waals surface area contributed by atoms with Crippen molar-refractivity contribution in [2.45, 2.75) is 32.1 Å². The molecular weight excluding hydrogens is 342 g/mol. The molecule has 0 fully saturated rings. The van der Waals surface area contributed by atoms with Crippen molar-refractivity contribution in [1.29, 1.82) is 0 Å². The number of amides is 1. The van der Waals surface area contributed by atoms with Crippen molar-refractivity contribution in [2.75, 3.05) is 11.1 Å². The van der Waals surface area contributed by atoms with Crippen LogP contribution in [0.1, 0.15) is 45.8 Å². The third-order valence-corrected chi connectivity index (χ3v) is 5.90. The average molecular weight is 361 g/mol. The first-order valence-electron chi connectivity index (χ1n) is 8.75. The fourth-order valence-electron chi connectivity index (χ4n) is 3.40. The van der Waals surface area contributed by atoms with E-state index in [-0.39, 0.29) is 5.91 Å². The molecule has 130 valence electrons. The Morgan fingerprint density at radius 3 is 2.88 bits per heavy atom. The average Bonchev–Trinajstić information content (AvgIpc) is 2.82. The molecule has 0 atom stereocenters. The van der Waals surface area contributed by atoms with Gasteiger partial charge in [0.25, 0.3) is 5.91 Å². The number of thiophene rings is 1. The van der Waals surface area contributed by atoms with Gasteiger partial charge in [-0.25, -0.2) is 4.98 Å². The van der Waals surface area contributed by atoms with Crippen molar-refractivity contribution < 1.29 is 4.79 Å². The number of pyridine rings is 1. The normalized spacial score (nSPS) is 13.7. The van der Waals surface area contributed by atoms with Crippen molar-refractivity contribution >= 4 is 38.8 Å². The van der Waals surface area contributed by atoms with Crippen LogP contribution < -0.4 is 11.1 Å². The molecule has 0 unspecified atom stereocenters. The highest BCUT2D eigenvalue weighted by atomic mass is 32.1. The number of hydrogen-bond donors (Lipinski definition) is 2. The number of carbonyl (C=O) groups is 1. The highest BCUT2D eigenvalue weighted by Crippen LogP contribution is 2.35. The van der Waals surface area contributed by atoms with Crippen molar-refractivity contribution in [3.63, 3.8) is 0 Å². The molecule has 26 heavy (non-hydrogen) atoms. The van der Waals surface area contributed by atoms with Gasteiger partial charge in [0.1, 0.15) is 9.71 Å². The number of anilines is 2. The number of rotatable bonds is 2.